The summed E-state index contributed by atoms with van der Waals surface area (Å²) in [6.45, 7) is 0. The molecule has 1 aliphatic rings. The Morgan fingerprint density at radius 1 is 1.41 bits per heavy atom. The van der Waals surface area contributed by atoms with E-state index in [0.29, 0.717) is 11.6 Å². The molecule has 5 heteroatoms. The Balaban J connectivity index is 1.96. The summed E-state index contributed by atoms with van der Waals surface area (Å²) in [6, 6.07) is 6.42. The largest absolute Gasteiger partial charge is 0.448 e. The highest BCUT2D eigenvalue weighted by molar-refractivity contribution is 5.61. The van der Waals surface area contributed by atoms with Crippen LogP contribution in [0.5, 0.6) is 0 Å². The van der Waals surface area contributed by atoms with E-state index in [9.17, 15) is 10.1 Å². The number of benzene rings is 1. The van der Waals surface area contributed by atoms with Gasteiger partial charge in [-0.3, -0.25) is 10.1 Å². The van der Waals surface area contributed by atoms with Crippen LogP contribution in [-0.2, 0) is 0 Å². The van der Waals surface area contributed by atoms with Crippen LogP contribution in [0.3, 0.4) is 0 Å². The second kappa shape index (κ2) is 3.69. The fourth-order valence-corrected chi connectivity index (χ4v) is 1.72. The molecule has 1 heterocycles. The molecule has 0 unspecified atom stereocenters. The van der Waals surface area contributed by atoms with Crippen molar-refractivity contribution in [2.75, 3.05) is 0 Å². The van der Waals surface area contributed by atoms with E-state index >= 15 is 0 Å². The van der Waals surface area contributed by atoms with Crippen molar-refractivity contribution in [2.24, 2.45) is 0 Å². The van der Waals surface area contributed by atoms with E-state index in [1.807, 2.05) is 0 Å². The van der Waals surface area contributed by atoms with Crippen LogP contribution in [0.15, 0.2) is 34.9 Å². The average Bonchev–Trinajstić information content (AvgIpc) is 3.07. The first-order valence-corrected chi connectivity index (χ1v) is 5.44. The van der Waals surface area contributed by atoms with Crippen LogP contribution in [0, 0.1) is 10.1 Å². The number of nitrogens with zero attached hydrogens (tertiary/aromatic N) is 2. The molecular formula is C12H10N2O3. The van der Waals surface area contributed by atoms with E-state index in [1.165, 1.54) is 12.1 Å². The SMILES string of the molecule is O=[N+]([O-])c1cccc(-c2coc(C3CC3)n2)c1. The van der Waals surface area contributed by atoms with Crippen LogP contribution in [0.1, 0.15) is 24.7 Å². The Labute approximate surface area is 97.2 Å². The number of hydrogen-bond acceptors (Lipinski definition) is 4. The van der Waals surface area contributed by atoms with Gasteiger partial charge in [-0.05, 0) is 12.8 Å². The molecule has 0 atom stereocenters. The van der Waals surface area contributed by atoms with Crippen molar-refractivity contribution in [1.82, 2.24) is 4.98 Å². The van der Waals surface area contributed by atoms with Crippen LogP contribution in [0.2, 0.25) is 0 Å². The summed E-state index contributed by atoms with van der Waals surface area (Å²) in [5.74, 6) is 1.19. The van der Waals surface area contributed by atoms with Crippen molar-refractivity contribution in [3.8, 4) is 11.3 Å². The van der Waals surface area contributed by atoms with Crippen molar-refractivity contribution < 1.29 is 9.34 Å². The van der Waals surface area contributed by atoms with Gasteiger partial charge in [-0.2, -0.15) is 0 Å². The quantitative estimate of drug-likeness (QED) is 0.600. The number of hydrogen-bond donors (Lipinski definition) is 0. The second-order valence-electron chi connectivity index (χ2n) is 4.15. The fraction of sp³-hybridized carbons (Fsp3) is 0.250. The van der Waals surface area contributed by atoms with Gasteiger partial charge in [0.1, 0.15) is 12.0 Å². The van der Waals surface area contributed by atoms with Gasteiger partial charge < -0.3 is 4.42 Å². The molecule has 2 aromatic rings. The first kappa shape index (κ1) is 10.0. The summed E-state index contributed by atoms with van der Waals surface area (Å²) in [7, 11) is 0. The second-order valence-corrected chi connectivity index (χ2v) is 4.15. The van der Waals surface area contributed by atoms with Gasteiger partial charge >= 0.3 is 0 Å². The zero-order chi connectivity index (χ0) is 11.8. The van der Waals surface area contributed by atoms with Crippen molar-refractivity contribution >= 4 is 5.69 Å². The van der Waals surface area contributed by atoms with E-state index in [1.54, 1.807) is 18.4 Å². The lowest BCUT2D eigenvalue weighted by Gasteiger charge is -1.95. The molecule has 86 valence electrons. The minimum absolute atomic E-state index is 0.0680. The third-order valence-electron chi connectivity index (χ3n) is 2.80. The molecule has 1 aromatic heterocycles. The number of rotatable bonds is 3. The molecule has 0 radical (unpaired) electrons. The summed E-state index contributed by atoms with van der Waals surface area (Å²) < 4.78 is 5.36. The van der Waals surface area contributed by atoms with Crippen LogP contribution >= 0.6 is 0 Å². The number of oxazole rings is 1. The molecule has 0 spiro atoms. The molecule has 3 rings (SSSR count). The molecule has 1 saturated carbocycles. The fourth-order valence-electron chi connectivity index (χ4n) is 1.72. The molecule has 1 aliphatic carbocycles. The van der Waals surface area contributed by atoms with Gasteiger partial charge in [0.05, 0.1) is 4.92 Å². The predicted molar refractivity (Wildman–Crippen MR) is 60.6 cm³/mol. The van der Waals surface area contributed by atoms with Crippen molar-refractivity contribution in [1.29, 1.82) is 0 Å². The van der Waals surface area contributed by atoms with Crippen molar-refractivity contribution in [3.63, 3.8) is 0 Å². The molecule has 0 N–H and O–H groups in total. The highest BCUT2D eigenvalue weighted by Gasteiger charge is 2.28. The maximum Gasteiger partial charge on any atom is 0.270 e. The van der Waals surface area contributed by atoms with Crippen LogP contribution < -0.4 is 0 Å². The molecular weight excluding hydrogens is 220 g/mol. The van der Waals surface area contributed by atoms with Crippen molar-refractivity contribution in [3.05, 3.63) is 46.5 Å². The lowest BCUT2D eigenvalue weighted by molar-refractivity contribution is -0.384. The molecule has 0 bridgehead atoms. The molecule has 17 heavy (non-hydrogen) atoms. The van der Waals surface area contributed by atoms with E-state index in [4.69, 9.17) is 4.42 Å². The smallest absolute Gasteiger partial charge is 0.270 e. The number of nitro benzene ring substituents is 1. The molecule has 1 aromatic carbocycles. The van der Waals surface area contributed by atoms with Gasteiger partial charge in [-0.15, -0.1) is 0 Å². The highest BCUT2D eigenvalue weighted by atomic mass is 16.6. The summed E-state index contributed by atoms with van der Waals surface area (Å²) in [6.07, 6.45) is 3.80. The van der Waals surface area contributed by atoms with E-state index in [0.717, 1.165) is 24.3 Å². The Bertz CT molecular complexity index is 573. The zero-order valence-corrected chi connectivity index (χ0v) is 9.00. The number of nitro groups is 1. The minimum atomic E-state index is -0.411. The summed E-state index contributed by atoms with van der Waals surface area (Å²) in [4.78, 5) is 14.6. The van der Waals surface area contributed by atoms with Gasteiger partial charge in [0, 0.05) is 23.6 Å². The van der Waals surface area contributed by atoms with E-state index in [-0.39, 0.29) is 5.69 Å². The van der Waals surface area contributed by atoms with Gasteiger partial charge in [-0.1, -0.05) is 12.1 Å². The van der Waals surface area contributed by atoms with Gasteiger partial charge in [0.15, 0.2) is 5.89 Å². The maximum atomic E-state index is 10.7. The third-order valence-corrected chi connectivity index (χ3v) is 2.80. The first-order valence-electron chi connectivity index (χ1n) is 5.44. The zero-order valence-electron chi connectivity index (χ0n) is 9.00. The number of aromatic nitrogens is 1. The van der Waals surface area contributed by atoms with E-state index in [2.05, 4.69) is 4.98 Å². The molecule has 0 amide bonds. The standard InChI is InChI=1S/C12H10N2O3/c15-14(16)10-3-1-2-9(6-10)11-7-17-12(13-11)8-4-5-8/h1-3,6-8H,4-5H2. The summed E-state index contributed by atoms with van der Waals surface area (Å²) in [5, 5.41) is 10.7. The molecule has 0 aliphatic heterocycles. The van der Waals surface area contributed by atoms with Crippen LogP contribution in [-0.4, -0.2) is 9.91 Å². The lowest BCUT2D eigenvalue weighted by Crippen LogP contribution is -1.88. The van der Waals surface area contributed by atoms with Crippen LogP contribution in [0.25, 0.3) is 11.3 Å². The summed E-state index contributed by atoms with van der Waals surface area (Å²) in [5.41, 5.74) is 1.45. The highest BCUT2D eigenvalue weighted by Crippen LogP contribution is 2.40. The van der Waals surface area contributed by atoms with Crippen LogP contribution in [0.4, 0.5) is 5.69 Å². The third kappa shape index (κ3) is 1.91. The molecule has 5 nitrogen and oxygen atoms in total. The van der Waals surface area contributed by atoms with Gasteiger partial charge in [-0.25, -0.2) is 4.98 Å². The molecule has 0 saturated heterocycles. The van der Waals surface area contributed by atoms with Gasteiger partial charge in [0.2, 0.25) is 0 Å². The summed E-state index contributed by atoms with van der Waals surface area (Å²) >= 11 is 0. The first-order chi connectivity index (χ1) is 8.24. The number of non-ortho nitro benzene ring substituents is 1. The van der Waals surface area contributed by atoms with Crippen molar-refractivity contribution in [2.45, 2.75) is 18.8 Å². The average molecular weight is 230 g/mol. The Hall–Kier alpha value is -2.17. The monoisotopic (exact) mass is 230 g/mol. The Morgan fingerprint density at radius 2 is 2.24 bits per heavy atom. The Morgan fingerprint density at radius 3 is 2.94 bits per heavy atom. The van der Waals surface area contributed by atoms with Gasteiger partial charge in [0.25, 0.3) is 5.69 Å². The van der Waals surface area contributed by atoms with E-state index < -0.39 is 4.92 Å². The molecule has 1 fully saturated rings. The topological polar surface area (TPSA) is 69.2 Å². The Kier molecular flexibility index (Phi) is 2.18. The minimum Gasteiger partial charge on any atom is -0.448 e. The normalized spacial score (nSPS) is 14.8. The maximum absolute atomic E-state index is 10.7. The lowest BCUT2D eigenvalue weighted by atomic mass is 10.1. The predicted octanol–water partition coefficient (Wildman–Crippen LogP) is 3.13.